The summed E-state index contributed by atoms with van der Waals surface area (Å²) in [5, 5.41) is 2.06. The molecule has 0 saturated carbocycles. The first-order valence-corrected chi connectivity index (χ1v) is 8.09. The molecule has 2 N–H and O–H groups in total. The van der Waals surface area contributed by atoms with E-state index in [0.29, 0.717) is 5.69 Å². The lowest BCUT2D eigenvalue weighted by atomic mass is 10.1. The maximum Gasteiger partial charge on any atom is 0.268 e. The fourth-order valence-electron chi connectivity index (χ4n) is 2.61. The van der Waals surface area contributed by atoms with E-state index in [1.165, 1.54) is 15.0 Å². The zero-order valence-corrected chi connectivity index (χ0v) is 12.3. The molecule has 0 atom stereocenters. The van der Waals surface area contributed by atoms with E-state index in [1.807, 2.05) is 29.2 Å². The van der Waals surface area contributed by atoms with Gasteiger partial charge in [0.2, 0.25) is 0 Å². The third-order valence-electron chi connectivity index (χ3n) is 3.60. The molecule has 3 aromatic rings. The molecule has 2 aromatic heterocycles. The van der Waals surface area contributed by atoms with Crippen molar-refractivity contribution in [3.63, 3.8) is 0 Å². The van der Waals surface area contributed by atoms with Crippen LogP contribution >= 0.6 is 22.7 Å². The van der Waals surface area contributed by atoms with Crippen LogP contribution in [0.25, 0.3) is 9.40 Å². The van der Waals surface area contributed by atoms with E-state index in [2.05, 4.69) is 11.4 Å². The second-order valence-electron chi connectivity index (χ2n) is 4.85. The highest BCUT2D eigenvalue weighted by Gasteiger charge is 2.26. The first-order chi connectivity index (χ1) is 9.72. The fourth-order valence-corrected chi connectivity index (χ4v) is 4.67. The predicted molar refractivity (Wildman–Crippen MR) is 85.9 cm³/mol. The van der Waals surface area contributed by atoms with E-state index in [9.17, 15) is 4.79 Å². The molecule has 20 heavy (non-hydrogen) atoms. The minimum atomic E-state index is 0.0859. The van der Waals surface area contributed by atoms with Crippen LogP contribution in [0.1, 0.15) is 15.2 Å². The van der Waals surface area contributed by atoms with Crippen molar-refractivity contribution in [1.82, 2.24) is 0 Å². The van der Waals surface area contributed by atoms with Gasteiger partial charge in [-0.3, -0.25) is 4.79 Å². The van der Waals surface area contributed by atoms with Crippen LogP contribution in [-0.4, -0.2) is 12.5 Å². The maximum atomic E-state index is 12.7. The Morgan fingerprint density at radius 1 is 1.20 bits per heavy atom. The van der Waals surface area contributed by atoms with Crippen LogP contribution in [-0.2, 0) is 6.42 Å². The van der Waals surface area contributed by atoms with Crippen molar-refractivity contribution < 1.29 is 4.79 Å². The van der Waals surface area contributed by atoms with Gasteiger partial charge in [-0.15, -0.1) is 22.7 Å². The molecule has 1 aliphatic heterocycles. The molecule has 4 rings (SSSR count). The first kappa shape index (κ1) is 11.9. The van der Waals surface area contributed by atoms with Gasteiger partial charge in [0.15, 0.2) is 0 Å². The zero-order valence-electron chi connectivity index (χ0n) is 10.6. The Kier molecular flexibility index (Phi) is 2.58. The Morgan fingerprint density at radius 2 is 2.10 bits per heavy atom. The number of nitrogens with two attached hydrogens (primary N) is 1. The van der Waals surface area contributed by atoms with Gasteiger partial charge >= 0.3 is 0 Å². The van der Waals surface area contributed by atoms with E-state index in [-0.39, 0.29) is 5.91 Å². The average Bonchev–Trinajstić information content (AvgIpc) is 3.10. The van der Waals surface area contributed by atoms with Crippen LogP contribution in [0.3, 0.4) is 0 Å². The van der Waals surface area contributed by atoms with Gasteiger partial charge in [0, 0.05) is 27.3 Å². The van der Waals surface area contributed by atoms with Gasteiger partial charge in [-0.25, -0.2) is 0 Å². The van der Waals surface area contributed by atoms with E-state index in [0.717, 1.165) is 23.5 Å². The topological polar surface area (TPSA) is 46.3 Å². The summed E-state index contributed by atoms with van der Waals surface area (Å²) in [6.07, 6.45) is 0.904. The molecule has 0 fully saturated rings. The minimum absolute atomic E-state index is 0.0859. The minimum Gasteiger partial charge on any atom is -0.399 e. The van der Waals surface area contributed by atoms with Crippen LogP contribution in [0.2, 0.25) is 0 Å². The monoisotopic (exact) mass is 300 g/mol. The number of benzene rings is 1. The number of rotatable bonds is 1. The number of nitrogens with zero attached hydrogens (tertiary/aromatic N) is 1. The molecule has 0 spiro atoms. The van der Waals surface area contributed by atoms with Crippen molar-refractivity contribution in [3.05, 3.63) is 46.2 Å². The van der Waals surface area contributed by atoms with Gasteiger partial charge in [0.1, 0.15) is 0 Å². The van der Waals surface area contributed by atoms with Gasteiger partial charge in [0.05, 0.1) is 4.88 Å². The average molecular weight is 300 g/mol. The van der Waals surface area contributed by atoms with Crippen LogP contribution in [0, 0.1) is 0 Å². The highest BCUT2D eigenvalue weighted by atomic mass is 32.1. The summed E-state index contributed by atoms with van der Waals surface area (Å²) in [5.74, 6) is 0.0859. The highest BCUT2D eigenvalue weighted by Crippen LogP contribution is 2.35. The number of hydrogen-bond donors (Lipinski definition) is 1. The third-order valence-corrected chi connectivity index (χ3v) is 5.68. The van der Waals surface area contributed by atoms with Gasteiger partial charge in [-0.2, -0.15) is 0 Å². The van der Waals surface area contributed by atoms with Gasteiger partial charge in [-0.1, -0.05) is 6.07 Å². The first-order valence-electron chi connectivity index (χ1n) is 6.40. The van der Waals surface area contributed by atoms with Crippen LogP contribution in [0.4, 0.5) is 11.4 Å². The maximum absolute atomic E-state index is 12.7. The summed E-state index contributed by atoms with van der Waals surface area (Å²) in [7, 11) is 0. The quantitative estimate of drug-likeness (QED) is 0.696. The lowest BCUT2D eigenvalue weighted by molar-refractivity contribution is 0.0993. The SMILES string of the molecule is Nc1ccc2c(c1)N(C(=O)c1cc3sccc3s1)CC2. The lowest BCUT2D eigenvalue weighted by Crippen LogP contribution is -2.28. The van der Waals surface area contributed by atoms with Crippen LogP contribution < -0.4 is 10.6 Å². The molecular formula is C15H12N2OS2. The summed E-state index contributed by atoms with van der Waals surface area (Å²) >= 11 is 3.24. The van der Waals surface area contributed by atoms with Crippen molar-refractivity contribution in [2.75, 3.05) is 17.2 Å². The van der Waals surface area contributed by atoms with Crippen molar-refractivity contribution >= 4 is 49.4 Å². The highest BCUT2D eigenvalue weighted by molar-refractivity contribution is 7.27. The molecule has 1 aromatic carbocycles. The number of nitrogen functional groups attached to an aromatic ring is 1. The fraction of sp³-hybridized carbons (Fsp3) is 0.133. The van der Waals surface area contributed by atoms with E-state index in [4.69, 9.17) is 5.73 Å². The van der Waals surface area contributed by atoms with Crippen molar-refractivity contribution in [3.8, 4) is 0 Å². The summed E-state index contributed by atoms with van der Waals surface area (Å²) in [4.78, 5) is 15.3. The molecule has 3 heterocycles. The van der Waals surface area contributed by atoms with Crippen molar-refractivity contribution in [2.24, 2.45) is 0 Å². The Morgan fingerprint density at radius 3 is 2.95 bits per heavy atom. The molecule has 1 aliphatic rings. The summed E-state index contributed by atoms with van der Waals surface area (Å²) in [6.45, 7) is 0.739. The molecule has 0 aliphatic carbocycles. The Balaban J connectivity index is 1.74. The van der Waals surface area contributed by atoms with Crippen molar-refractivity contribution in [1.29, 1.82) is 0 Å². The Hall–Kier alpha value is -1.85. The van der Waals surface area contributed by atoms with Crippen molar-refractivity contribution in [2.45, 2.75) is 6.42 Å². The lowest BCUT2D eigenvalue weighted by Gasteiger charge is -2.16. The van der Waals surface area contributed by atoms with E-state index >= 15 is 0 Å². The normalized spacial score (nSPS) is 13.9. The zero-order chi connectivity index (χ0) is 13.7. The van der Waals surface area contributed by atoms with Crippen LogP contribution in [0.15, 0.2) is 35.7 Å². The summed E-state index contributed by atoms with van der Waals surface area (Å²) in [6, 6.07) is 9.88. The molecule has 100 valence electrons. The number of amides is 1. The van der Waals surface area contributed by atoms with Gasteiger partial charge in [0.25, 0.3) is 5.91 Å². The molecule has 0 unspecified atom stereocenters. The molecule has 3 nitrogen and oxygen atoms in total. The number of thiophene rings is 2. The number of carbonyl (C=O) groups excluding carboxylic acids is 1. The Labute approximate surface area is 124 Å². The largest absolute Gasteiger partial charge is 0.399 e. The molecular weight excluding hydrogens is 288 g/mol. The third kappa shape index (κ3) is 1.74. The number of anilines is 2. The van der Waals surface area contributed by atoms with Crippen LogP contribution in [0.5, 0.6) is 0 Å². The van der Waals surface area contributed by atoms with E-state index < -0.39 is 0 Å². The van der Waals surface area contributed by atoms with Gasteiger partial charge in [-0.05, 0) is 41.6 Å². The van der Waals surface area contributed by atoms with E-state index in [1.54, 1.807) is 22.7 Å². The predicted octanol–water partition coefficient (Wildman–Crippen LogP) is 3.75. The second kappa shape index (κ2) is 4.33. The molecule has 0 bridgehead atoms. The second-order valence-corrected chi connectivity index (χ2v) is 6.89. The Bertz CT molecular complexity index is 790. The smallest absolute Gasteiger partial charge is 0.268 e. The summed E-state index contributed by atoms with van der Waals surface area (Å²) in [5.41, 5.74) is 8.71. The standard InChI is InChI=1S/C15H12N2OS2/c16-10-2-1-9-3-5-17(11(9)7-10)15(18)14-8-13-12(20-14)4-6-19-13/h1-2,4,6-8H,3,5,16H2. The summed E-state index contributed by atoms with van der Waals surface area (Å²) < 4.78 is 2.37. The van der Waals surface area contributed by atoms with Gasteiger partial charge < -0.3 is 10.6 Å². The molecule has 5 heteroatoms. The number of fused-ring (bicyclic) bond motifs is 2. The molecule has 0 radical (unpaired) electrons. The molecule has 0 saturated heterocycles. The number of carbonyl (C=O) groups is 1. The number of hydrogen-bond acceptors (Lipinski definition) is 4. The molecule has 1 amide bonds.